The number of likely N-dealkylation sites (tertiary alicyclic amines) is 1. The van der Waals surface area contributed by atoms with Crippen LogP contribution in [0.4, 0.5) is 4.79 Å². The summed E-state index contributed by atoms with van der Waals surface area (Å²) in [6.45, 7) is 6.30. The van der Waals surface area contributed by atoms with Crippen LogP contribution in [0.1, 0.15) is 44.7 Å². The zero-order valence-corrected chi connectivity index (χ0v) is 15.0. The Morgan fingerprint density at radius 2 is 1.96 bits per heavy atom. The number of nitrogens with one attached hydrogen (secondary N) is 2. The molecule has 4 N–H and O–H groups in total. The summed E-state index contributed by atoms with van der Waals surface area (Å²) in [7, 11) is 0. The topological polar surface area (TPSA) is 109 Å². The van der Waals surface area contributed by atoms with Gasteiger partial charge in [-0.1, -0.05) is 24.3 Å². The number of amides is 2. The van der Waals surface area contributed by atoms with Crippen molar-refractivity contribution in [1.82, 2.24) is 10.2 Å². The number of hydrogen-bond acceptors (Lipinski definition) is 4. The Bertz CT molecular complexity index is 649. The summed E-state index contributed by atoms with van der Waals surface area (Å²) in [5.74, 6) is -0.173. The number of rotatable bonds is 4. The van der Waals surface area contributed by atoms with E-state index in [0.29, 0.717) is 25.1 Å². The number of nitrogen functional groups attached to an aromatic ring is 1. The lowest BCUT2D eigenvalue weighted by Crippen LogP contribution is -2.47. The molecule has 1 aliphatic rings. The first-order valence-electron chi connectivity index (χ1n) is 8.38. The Kier molecular flexibility index (Phi) is 5.66. The van der Waals surface area contributed by atoms with E-state index in [1.165, 1.54) is 4.90 Å². The highest BCUT2D eigenvalue weighted by atomic mass is 16.6. The molecule has 1 aliphatic heterocycles. The lowest BCUT2D eigenvalue weighted by atomic mass is 10.1. The second kappa shape index (κ2) is 7.55. The number of hydrogen-bond donors (Lipinski definition) is 3. The van der Waals surface area contributed by atoms with E-state index in [4.69, 9.17) is 15.9 Å². The van der Waals surface area contributed by atoms with Gasteiger partial charge in [-0.05, 0) is 39.2 Å². The molecule has 2 amide bonds. The fourth-order valence-electron chi connectivity index (χ4n) is 2.69. The number of carbonyl (C=O) groups excluding carboxylic acids is 2. The van der Waals surface area contributed by atoms with Gasteiger partial charge >= 0.3 is 6.09 Å². The zero-order chi connectivity index (χ0) is 18.6. The number of benzene rings is 1. The predicted molar refractivity (Wildman–Crippen MR) is 95.3 cm³/mol. The predicted octanol–water partition coefficient (Wildman–Crippen LogP) is 1.99. The lowest BCUT2D eigenvalue weighted by Gasteiger charge is -2.28. The van der Waals surface area contributed by atoms with Crippen molar-refractivity contribution in [2.75, 3.05) is 6.54 Å². The minimum Gasteiger partial charge on any atom is -0.444 e. The van der Waals surface area contributed by atoms with E-state index >= 15 is 0 Å². The third-order valence-corrected chi connectivity index (χ3v) is 3.92. The Hall–Kier alpha value is -2.57. The van der Waals surface area contributed by atoms with Crippen molar-refractivity contribution in [3.63, 3.8) is 0 Å². The van der Waals surface area contributed by atoms with Crippen molar-refractivity contribution < 1.29 is 14.3 Å². The average molecular weight is 346 g/mol. The molecule has 7 nitrogen and oxygen atoms in total. The van der Waals surface area contributed by atoms with Crippen molar-refractivity contribution in [2.24, 2.45) is 5.73 Å². The van der Waals surface area contributed by atoms with Crippen LogP contribution in [0.15, 0.2) is 24.3 Å². The Labute approximate surface area is 148 Å². The fourth-order valence-corrected chi connectivity index (χ4v) is 2.69. The van der Waals surface area contributed by atoms with E-state index in [9.17, 15) is 9.59 Å². The molecule has 7 heteroatoms. The SMILES string of the molecule is CC(C)(C)OC(=O)N1CCC[C@H]1C(=O)NCc1ccc(C(=N)N)cc1. The largest absolute Gasteiger partial charge is 0.444 e. The lowest BCUT2D eigenvalue weighted by molar-refractivity contribution is -0.125. The Morgan fingerprint density at radius 3 is 2.52 bits per heavy atom. The van der Waals surface area contributed by atoms with Crippen LogP contribution < -0.4 is 11.1 Å². The molecule has 0 saturated carbocycles. The van der Waals surface area contributed by atoms with Crippen LogP contribution in [0.5, 0.6) is 0 Å². The highest BCUT2D eigenvalue weighted by molar-refractivity contribution is 5.94. The normalized spacial score (nSPS) is 17.2. The standard InChI is InChI=1S/C18H26N4O3/c1-18(2,3)25-17(24)22-10-4-5-14(22)16(23)21-11-12-6-8-13(9-7-12)15(19)20/h6-9,14H,4-5,10-11H2,1-3H3,(H3,19,20)(H,21,23)/t14-/m0/s1. The second-order valence-electron chi connectivity index (χ2n) is 7.16. The molecule has 0 unspecified atom stereocenters. The van der Waals surface area contributed by atoms with Crippen molar-refractivity contribution in [3.05, 3.63) is 35.4 Å². The number of ether oxygens (including phenoxy) is 1. The molecular weight excluding hydrogens is 320 g/mol. The number of nitrogens with zero attached hydrogens (tertiary/aromatic N) is 1. The molecule has 1 heterocycles. The first-order valence-corrected chi connectivity index (χ1v) is 8.38. The second-order valence-corrected chi connectivity index (χ2v) is 7.16. The van der Waals surface area contributed by atoms with Crippen LogP contribution in [0.3, 0.4) is 0 Å². The summed E-state index contributed by atoms with van der Waals surface area (Å²) >= 11 is 0. The first kappa shape index (κ1) is 18.8. The van der Waals surface area contributed by atoms with E-state index < -0.39 is 17.7 Å². The van der Waals surface area contributed by atoms with Gasteiger partial charge in [-0.15, -0.1) is 0 Å². The molecule has 1 saturated heterocycles. The summed E-state index contributed by atoms with van der Waals surface area (Å²) in [5.41, 5.74) is 6.38. The molecule has 25 heavy (non-hydrogen) atoms. The van der Waals surface area contributed by atoms with E-state index in [-0.39, 0.29) is 11.7 Å². The first-order chi connectivity index (χ1) is 11.7. The minimum absolute atomic E-state index is 0.00884. The van der Waals surface area contributed by atoms with E-state index in [1.54, 1.807) is 32.9 Å². The summed E-state index contributed by atoms with van der Waals surface area (Å²) in [5, 5.41) is 10.2. The molecule has 1 fully saturated rings. The molecule has 1 aromatic carbocycles. The molecular formula is C18H26N4O3. The summed E-state index contributed by atoms with van der Waals surface area (Å²) in [6.07, 6.45) is 0.967. The monoisotopic (exact) mass is 346 g/mol. The van der Waals surface area contributed by atoms with E-state index in [1.807, 2.05) is 12.1 Å². The molecule has 2 rings (SSSR count). The highest BCUT2D eigenvalue weighted by Crippen LogP contribution is 2.21. The summed E-state index contributed by atoms with van der Waals surface area (Å²) in [6, 6.07) is 6.62. The maximum absolute atomic E-state index is 12.5. The zero-order valence-electron chi connectivity index (χ0n) is 15.0. The maximum atomic E-state index is 12.5. The smallest absolute Gasteiger partial charge is 0.410 e. The molecule has 1 atom stereocenters. The Balaban J connectivity index is 1.93. The highest BCUT2D eigenvalue weighted by Gasteiger charge is 2.36. The number of amidine groups is 1. The third kappa shape index (κ3) is 5.20. The van der Waals surface area contributed by atoms with Gasteiger partial charge < -0.3 is 15.8 Å². The molecule has 0 spiro atoms. The average Bonchev–Trinajstić information content (AvgIpc) is 3.01. The van der Waals surface area contributed by atoms with Gasteiger partial charge in [-0.25, -0.2) is 4.79 Å². The maximum Gasteiger partial charge on any atom is 0.410 e. The van der Waals surface area contributed by atoms with E-state index in [0.717, 1.165) is 12.0 Å². The summed E-state index contributed by atoms with van der Waals surface area (Å²) in [4.78, 5) is 26.2. The fraction of sp³-hybridized carbons (Fsp3) is 0.500. The van der Waals surface area contributed by atoms with Crippen LogP contribution in [-0.2, 0) is 16.1 Å². The van der Waals surface area contributed by atoms with Gasteiger partial charge in [0.1, 0.15) is 17.5 Å². The van der Waals surface area contributed by atoms with Gasteiger partial charge in [0, 0.05) is 18.7 Å². The van der Waals surface area contributed by atoms with Crippen molar-refractivity contribution in [2.45, 2.75) is 51.8 Å². The van der Waals surface area contributed by atoms with Gasteiger partial charge in [0.2, 0.25) is 5.91 Å². The van der Waals surface area contributed by atoms with Crippen molar-refractivity contribution in [3.8, 4) is 0 Å². The Morgan fingerprint density at radius 1 is 1.32 bits per heavy atom. The van der Waals surface area contributed by atoms with Gasteiger partial charge in [-0.3, -0.25) is 15.1 Å². The van der Waals surface area contributed by atoms with Gasteiger partial charge in [0.05, 0.1) is 0 Å². The number of carbonyl (C=O) groups is 2. The molecule has 136 valence electrons. The van der Waals surface area contributed by atoms with Gasteiger partial charge in [0.15, 0.2) is 0 Å². The van der Waals surface area contributed by atoms with Crippen LogP contribution >= 0.6 is 0 Å². The van der Waals surface area contributed by atoms with Gasteiger partial charge in [-0.2, -0.15) is 0 Å². The van der Waals surface area contributed by atoms with Crippen LogP contribution in [0, 0.1) is 5.41 Å². The third-order valence-electron chi connectivity index (χ3n) is 3.92. The van der Waals surface area contributed by atoms with Crippen LogP contribution in [0.25, 0.3) is 0 Å². The van der Waals surface area contributed by atoms with Crippen molar-refractivity contribution >= 4 is 17.8 Å². The number of nitrogens with two attached hydrogens (primary N) is 1. The van der Waals surface area contributed by atoms with Gasteiger partial charge in [0.25, 0.3) is 0 Å². The van der Waals surface area contributed by atoms with Crippen LogP contribution in [-0.4, -0.2) is 40.9 Å². The summed E-state index contributed by atoms with van der Waals surface area (Å²) < 4.78 is 5.38. The molecule has 1 aromatic rings. The quantitative estimate of drug-likeness (QED) is 0.572. The molecule has 0 aliphatic carbocycles. The van der Waals surface area contributed by atoms with E-state index in [2.05, 4.69) is 5.32 Å². The molecule has 0 aromatic heterocycles. The molecule has 0 bridgehead atoms. The molecule has 0 radical (unpaired) electrons. The van der Waals surface area contributed by atoms with Crippen molar-refractivity contribution in [1.29, 1.82) is 5.41 Å². The minimum atomic E-state index is -0.584. The van der Waals surface area contributed by atoms with Crippen LogP contribution in [0.2, 0.25) is 0 Å².